The average molecular weight is 208 g/mol. The van der Waals surface area contributed by atoms with Crippen LogP contribution in [0.3, 0.4) is 0 Å². The van der Waals surface area contributed by atoms with Crippen molar-refractivity contribution in [2.45, 2.75) is 51.9 Å². The summed E-state index contributed by atoms with van der Waals surface area (Å²) < 4.78 is 0. The van der Waals surface area contributed by atoms with Gasteiger partial charge in [0.15, 0.2) is 0 Å². The van der Waals surface area contributed by atoms with Crippen molar-refractivity contribution in [3.05, 3.63) is 0 Å². The van der Waals surface area contributed by atoms with E-state index in [1.54, 1.807) is 0 Å². The van der Waals surface area contributed by atoms with Gasteiger partial charge in [0.25, 0.3) is 0 Å². The van der Waals surface area contributed by atoms with Gasteiger partial charge in [0.2, 0.25) is 0 Å². The van der Waals surface area contributed by atoms with Crippen LogP contribution < -0.4 is 0 Å². The van der Waals surface area contributed by atoms with Gasteiger partial charge in [0.05, 0.1) is 5.84 Å². The zero-order valence-corrected chi connectivity index (χ0v) is 9.97. The highest BCUT2D eigenvalue weighted by Gasteiger charge is 2.24. The molecule has 0 aromatic carbocycles. The minimum absolute atomic E-state index is 0.881. The summed E-state index contributed by atoms with van der Waals surface area (Å²) in [6.45, 7) is 4.64. The lowest BCUT2D eigenvalue weighted by atomic mass is 9.80. The lowest BCUT2D eigenvalue weighted by Crippen LogP contribution is -2.32. The topological polar surface area (TPSA) is 27.1 Å². The molecule has 2 fully saturated rings. The molecule has 1 N–H and O–H groups in total. The Morgan fingerprint density at radius 1 is 1.20 bits per heavy atom. The molecule has 1 saturated carbocycles. The molecule has 1 aliphatic carbocycles. The monoisotopic (exact) mass is 208 g/mol. The largest absolute Gasteiger partial charge is 0.360 e. The third-order valence-electron chi connectivity index (χ3n) is 4.25. The number of hydrogen-bond acceptors (Lipinski definition) is 1. The third kappa shape index (κ3) is 2.73. The van der Waals surface area contributed by atoms with Crippen LogP contribution in [0.1, 0.15) is 51.9 Å². The van der Waals surface area contributed by atoms with Gasteiger partial charge in [-0.25, -0.2) is 0 Å². The molecule has 86 valence electrons. The van der Waals surface area contributed by atoms with Crippen molar-refractivity contribution in [2.75, 3.05) is 13.1 Å². The van der Waals surface area contributed by atoms with Crippen LogP contribution in [-0.2, 0) is 0 Å². The van der Waals surface area contributed by atoms with Gasteiger partial charge in [-0.15, -0.1) is 0 Å². The lowest BCUT2D eigenvalue weighted by molar-refractivity contribution is 0.231. The first-order valence-electron chi connectivity index (χ1n) is 6.62. The van der Waals surface area contributed by atoms with Crippen molar-refractivity contribution in [2.24, 2.45) is 11.8 Å². The van der Waals surface area contributed by atoms with Gasteiger partial charge in [-0.2, -0.15) is 0 Å². The quantitative estimate of drug-likeness (QED) is 0.757. The molecular weight excluding hydrogens is 184 g/mol. The minimum atomic E-state index is 0.881. The number of amidine groups is 1. The summed E-state index contributed by atoms with van der Waals surface area (Å²) in [6, 6.07) is 0. The second kappa shape index (κ2) is 5.00. The highest BCUT2D eigenvalue weighted by molar-refractivity contribution is 5.80. The van der Waals surface area contributed by atoms with Gasteiger partial charge in [0, 0.05) is 19.5 Å². The van der Waals surface area contributed by atoms with E-state index in [1.807, 2.05) is 0 Å². The van der Waals surface area contributed by atoms with E-state index in [4.69, 9.17) is 5.41 Å². The number of hydrogen-bond donors (Lipinski definition) is 1. The molecule has 2 rings (SSSR count). The first kappa shape index (κ1) is 11.0. The Balaban J connectivity index is 1.74. The van der Waals surface area contributed by atoms with E-state index in [9.17, 15) is 0 Å². The van der Waals surface area contributed by atoms with Crippen LogP contribution >= 0.6 is 0 Å². The van der Waals surface area contributed by atoms with E-state index in [0.29, 0.717) is 0 Å². The Morgan fingerprint density at radius 3 is 2.40 bits per heavy atom. The molecule has 0 amide bonds. The molecule has 0 atom stereocenters. The fraction of sp³-hybridized carbons (Fsp3) is 0.923. The normalized spacial score (nSPS) is 32.3. The summed E-state index contributed by atoms with van der Waals surface area (Å²) in [5.74, 6) is 2.78. The van der Waals surface area contributed by atoms with Gasteiger partial charge in [-0.1, -0.05) is 26.2 Å². The SMILES string of the molecule is CCC1CCC(CN2CCCC2=N)CC1. The van der Waals surface area contributed by atoms with Crippen molar-refractivity contribution in [3.63, 3.8) is 0 Å². The number of likely N-dealkylation sites (tertiary alicyclic amines) is 1. The Labute approximate surface area is 93.6 Å². The van der Waals surface area contributed by atoms with Gasteiger partial charge in [0.1, 0.15) is 0 Å². The highest BCUT2D eigenvalue weighted by Crippen LogP contribution is 2.31. The summed E-state index contributed by atoms with van der Waals surface area (Å²) in [5.41, 5.74) is 0. The molecule has 1 heterocycles. The molecule has 15 heavy (non-hydrogen) atoms. The summed E-state index contributed by atoms with van der Waals surface area (Å²) in [4.78, 5) is 2.32. The van der Waals surface area contributed by atoms with Crippen LogP contribution in [0.4, 0.5) is 0 Å². The van der Waals surface area contributed by atoms with Crippen LogP contribution in [0.2, 0.25) is 0 Å². The fourth-order valence-electron chi connectivity index (χ4n) is 3.07. The summed E-state index contributed by atoms with van der Waals surface area (Å²) in [7, 11) is 0. The first-order chi connectivity index (χ1) is 7.29. The molecule has 2 aliphatic rings. The second-order valence-corrected chi connectivity index (χ2v) is 5.29. The molecule has 0 aromatic rings. The molecule has 0 unspecified atom stereocenters. The maximum Gasteiger partial charge on any atom is 0.0958 e. The van der Waals surface area contributed by atoms with Gasteiger partial charge < -0.3 is 4.90 Å². The fourth-order valence-corrected chi connectivity index (χ4v) is 3.07. The molecule has 2 heteroatoms. The maximum atomic E-state index is 7.83. The Bertz CT molecular complexity index is 217. The Hall–Kier alpha value is -0.530. The van der Waals surface area contributed by atoms with Crippen molar-refractivity contribution >= 4 is 5.84 Å². The van der Waals surface area contributed by atoms with Gasteiger partial charge >= 0.3 is 0 Å². The van der Waals surface area contributed by atoms with Crippen LogP contribution in [0, 0.1) is 17.2 Å². The van der Waals surface area contributed by atoms with Crippen LogP contribution in [-0.4, -0.2) is 23.8 Å². The van der Waals surface area contributed by atoms with Crippen LogP contribution in [0.25, 0.3) is 0 Å². The minimum Gasteiger partial charge on any atom is -0.360 e. The molecule has 1 saturated heterocycles. The Morgan fingerprint density at radius 2 is 1.87 bits per heavy atom. The van der Waals surface area contributed by atoms with Gasteiger partial charge in [-0.05, 0) is 31.1 Å². The number of nitrogens with one attached hydrogen (secondary N) is 1. The number of rotatable bonds is 3. The molecule has 0 bridgehead atoms. The summed E-state index contributed by atoms with van der Waals surface area (Å²) >= 11 is 0. The highest BCUT2D eigenvalue weighted by atomic mass is 15.2. The molecule has 1 aliphatic heterocycles. The van der Waals surface area contributed by atoms with E-state index in [2.05, 4.69) is 11.8 Å². The van der Waals surface area contributed by atoms with E-state index >= 15 is 0 Å². The summed E-state index contributed by atoms with van der Waals surface area (Å²) in [5, 5.41) is 7.83. The average Bonchev–Trinajstić information content (AvgIpc) is 2.66. The van der Waals surface area contributed by atoms with E-state index < -0.39 is 0 Å². The molecule has 0 radical (unpaired) electrons. The van der Waals surface area contributed by atoms with Crippen molar-refractivity contribution in [3.8, 4) is 0 Å². The second-order valence-electron chi connectivity index (χ2n) is 5.29. The lowest BCUT2D eigenvalue weighted by Gasteiger charge is -2.31. The first-order valence-corrected chi connectivity index (χ1v) is 6.62. The van der Waals surface area contributed by atoms with Crippen molar-refractivity contribution in [1.82, 2.24) is 4.90 Å². The number of nitrogens with zero attached hydrogens (tertiary/aromatic N) is 1. The molecule has 2 nitrogen and oxygen atoms in total. The van der Waals surface area contributed by atoms with E-state index in [-0.39, 0.29) is 0 Å². The predicted molar refractivity (Wildman–Crippen MR) is 64.3 cm³/mol. The predicted octanol–water partition coefficient (Wildman–Crippen LogP) is 3.28. The standard InChI is InChI=1S/C13H24N2/c1-2-11-5-7-12(8-6-11)10-15-9-3-4-13(15)14/h11-12,14H,2-10H2,1H3. The van der Waals surface area contributed by atoms with Gasteiger partial charge in [-0.3, -0.25) is 5.41 Å². The molecule has 0 aromatic heterocycles. The maximum absolute atomic E-state index is 7.83. The molecular formula is C13H24N2. The van der Waals surface area contributed by atoms with Crippen molar-refractivity contribution < 1.29 is 0 Å². The van der Waals surface area contributed by atoms with Crippen LogP contribution in [0.15, 0.2) is 0 Å². The summed E-state index contributed by atoms with van der Waals surface area (Å²) in [6.07, 6.45) is 9.27. The third-order valence-corrected chi connectivity index (χ3v) is 4.25. The molecule has 0 spiro atoms. The Kier molecular flexibility index (Phi) is 3.66. The van der Waals surface area contributed by atoms with Crippen LogP contribution in [0.5, 0.6) is 0 Å². The van der Waals surface area contributed by atoms with E-state index in [0.717, 1.165) is 30.6 Å². The zero-order chi connectivity index (χ0) is 10.7. The van der Waals surface area contributed by atoms with Crippen molar-refractivity contribution in [1.29, 1.82) is 5.41 Å². The zero-order valence-electron chi connectivity index (χ0n) is 9.97. The van der Waals surface area contributed by atoms with E-state index in [1.165, 1.54) is 45.1 Å². The smallest absolute Gasteiger partial charge is 0.0958 e.